The molecule has 7 heteroatoms. The molecule has 6 nitrogen and oxygen atoms in total. The van der Waals surface area contributed by atoms with Crippen LogP contribution in [0.3, 0.4) is 0 Å². The first-order valence-electron chi connectivity index (χ1n) is 9.85. The van der Waals surface area contributed by atoms with Gasteiger partial charge in [-0.2, -0.15) is 4.31 Å². The summed E-state index contributed by atoms with van der Waals surface area (Å²) in [6, 6.07) is 12.3. The summed E-state index contributed by atoms with van der Waals surface area (Å²) in [6.07, 6.45) is 0. The number of amides is 1. The van der Waals surface area contributed by atoms with E-state index in [-0.39, 0.29) is 16.8 Å². The summed E-state index contributed by atoms with van der Waals surface area (Å²) in [5, 5.41) is 2.99. The summed E-state index contributed by atoms with van der Waals surface area (Å²) in [7, 11) is -1.63. The number of benzene rings is 2. The molecule has 1 atom stereocenters. The van der Waals surface area contributed by atoms with Crippen LogP contribution >= 0.6 is 0 Å². The van der Waals surface area contributed by atoms with Crippen LogP contribution < -0.4 is 5.32 Å². The van der Waals surface area contributed by atoms with Gasteiger partial charge in [0.1, 0.15) is 0 Å². The number of sulfonamides is 1. The highest BCUT2D eigenvalue weighted by Gasteiger charge is 2.28. The fourth-order valence-corrected chi connectivity index (χ4v) is 5.03. The van der Waals surface area contributed by atoms with Crippen molar-refractivity contribution in [1.29, 1.82) is 0 Å². The summed E-state index contributed by atoms with van der Waals surface area (Å²) in [4.78, 5) is 15.1. The number of nitrogens with one attached hydrogen (secondary N) is 1. The number of likely N-dealkylation sites (N-methyl/N-ethyl adjacent to an activating group) is 1. The Morgan fingerprint density at radius 1 is 1.03 bits per heavy atom. The van der Waals surface area contributed by atoms with Gasteiger partial charge in [0.15, 0.2) is 0 Å². The third kappa shape index (κ3) is 4.86. The highest BCUT2D eigenvalue weighted by molar-refractivity contribution is 7.89. The quantitative estimate of drug-likeness (QED) is 0.815. The first-order chi connectivity index (χ1) is 13.7. The van der Waals surface area contributed by atoms with Gasteiger partial charge in [0, 0.05) is 31.7 Å². The fourth-order valence-electron chi connectivity index (χ4n) is 3.56. The van der Waals surface area contributed by atoms with E-state index in [0.717, 1.165) is 16.7 Å². The van der Waals surface area contributed by atoms with Crippen LogP contribution in [-0.4, -0.2) is 56.8 Å². The van der Waals surface area contributed by atoms with Crippen LogP contribution in [0.4, 0.5) is 0 Å². The zero-order chi connectivity index (χ0) is 21.2. The lowest BCUT2D eigenvalue weighted by molar-refractivity contribution is 0.0939. The molecule has 0 spiro atoms. The largest absolute Gasteiger partial charge is 0.346 e. The van der Waals surface area contributed by atoms with E-state index in [1.165, 1.54) is 10.4 Å². The van der Waals surface area contributed by atoms with Gasteiger partial charge in [-0.25, -0.2) is 8.42 Å². The van der Waals surface area contributed by atoms with Crippen LogP contribution in [0, 0.1) is 13.8 Å². The maximum absolute atomic E-state index is 13.0. The molecule has 29 heavy (non-hydrogen) atoms. The van der Waals surface area contributed by atoms with Crippen LogP contribution in [-0.2, 0) is 10.0 Å². The Labute approximate surface area is 173 Å². The van der Waals surface area contributed by atoms with Crippen LogP contribution in [0.15, 0.2) is 47.4 Å². The van der Waals surface area contributed by atoms with Crippen molar-refractivity contribution in [3.05, 3.63) is 64.7 Å². The molecule has 1 fully saturated rings. The third-order valence-corrected chi connectivity index (χ3v) is 7.34. The molecule has 2 aromatic carbocycles. The van der Waals surface area contributed by atoms with Gasteiger partial charge >= 0.3 is 0 Å². The molecule has 0 saturated carbocycles. The number of nitrogens with zero attached hydrogens (tertiary/aromatic N) is 2. The average Bonchev–Trinajstić information content (AvgIpc) is 2.70. The summed E-state index contributed by atoms with van der Waals surface area (Å²) >= 11 is 0. The second-order valence-electron chi connectivity index (χ2n) is 7.79. The molecule has 0 radical (unpaired) electrons. The highest BCUT2D eigenvalue weighted by atomic mass is 32.2. The lowest BCUT2D eigenvalue weighted by Gasteiger charge is -2.31. The number of hydrogen-bond acceptors (Lipinski definition) is 4. The topological polar surface area (TPSA) is 69.7 Å². The van der Waals surface area contributed by atoms with Gasteiger partial charge in [-0.1, -0.05) is 29.8 Å². The number of carbonyl (C=O) groups excluding carboxylic acids is 1. The predicted molar refractivity (Wildman–Crippen MR) is 114 cm³/mol. The molecule has 0 aromatic heterocycles. The third-order valence-electron chi connectivity index (χ3n) is 5.45. The molecule has 1 N–H and O–H groups in total. The standard InChI is InChI=1S/C22H29N3O3S/c1-16-8-9-17(2)21(14-16)18(3)23-22(26)19-6-5-7-20(15-19)29(27,28)25-12-10-24(4)11-13-25/h5-9,14-15,18H,10-13H2,1-4H3,(H,23,26)/t18-/m0/s1. The van der Waals surface area contributed by atoms with Crippen LogP contribution in [0.1, 0.15) is 40.0 Å². The molecule has 1 aliphatic heterocycles. The first-order valence-corrected chi connectivity index (χ1v) is 11.3. The maximum atomic E-state index is 13.0. The molecule has 156 valence electrons. The normalized spacial score (nSPS) is 17.1. The first kappa shape index (κ1) is 21.5. The zero-order valence-corrected chi connectivity index (χ0v) is 18.3. The lowest BCUT2D eigenvalue weighted by Crippen LogP contribution is -2.47. The second-order valence-corrected chi connectivity index (χ2v) is 9.73. The lowest BCUT2D eigenvalue weighted by atomic mass is 10.00. The van der Waals surface area contributed by atoms with Gasteiger partial charge in [-0.15, -0.1) is 0 Å². The Hall–Kier alpha value is -2.22. The van der Waals surface area contributed by atoms with Crippen molar-refractivity contribution in [3.8, 4) is 0 Å². The molecule has 0 bridgehead atoms. The minimum absolute atomic E-state index is 0.161. The van der Waals surface area contributed by atoms with Crippen LogP contribution in [0.25, 0.3) is 0 Å². The molecule has 1 amide bonds. The van der Waals surface area contributed by atoms with Gasteiger partial charge in [0.05, 0.1) is 10.9 Å². The van der Waals surface area contributed by atoms with Crippen molar-refractivity contribution in [2.75, 3.05) is 33.2 Å². The van der Waals surface area contributed by atoms with Crippen molar-refractivity contribution < 1.29 is 13.2 Å². The summed E-state index contributed by atoms with van der Waals surface area (Å²) in [6.45, 7) is 8.28. The minimum Gasteiger partial charge on any atom is -0.346 e. The molecule has 1 saturated heterocycles. The van der Waals surface area contributed by atoms with Gasteiger partial charge in [-0.3, -0.25) is 4.79 Å². The van der Waals surface area contributed by atoms with E-state index in [9.17, 15) is 13.2 Å². The molecule has 0 unspecified atom stereocenters. The predicted octanol–water partition coefficient (Wildman–Crippen LogP) is 2.73. The summed E-state index contributed by atoms with van der Waals surface area (Å²) in [5.41, 5.74) is 3.64. The van der Waals surface area contributed by atoms with E-state index < -0.39 is 10.0 Å². The van der Waals surface area contributed by atoms with Gasteiger partial charge in [-0.05, 0) is 57.1 Å². The van der Waals surface area contributed by atoms with Crippen molar-refractivity contribution >= 4 is 15.9 Å². The molecule has 3 rings (SSSR count). The Bertz CT molecular complexity index is 996. The van der Waals surface area contributed by atoms with E-state index in [2.05, 4.69) is 16.3 Å². The van der Waals surface area contributed by atoms with Crippen LogP contribution in [0.2, 0.25) is 0 Å². The van der Waals surface area contributed by atoms with Crippen molar-refractivity contribution in [2.45, 2.75) is 31.7 Å². The number of aryl methyl sites for hydroxylation is 2. The maximum Gasteiger partial charge on any atom is 0.251 e. The SMILES string of the molecule is Cc1ccc(C)c([C@H](C)NC(=O)c2cccc(S(=O)(=O)N3CCN(C)CC3)c2)c1. The molecule has 1 aliphatic rings. The average molecular weight is 416 g/mol. The van der Waals surface area contributed by atoms with Gasteiger partial charge in [0.25, 0.3) is 5.91 Å². The van der Waals surface area contributed by atoms with Crippen molar-refractivity contribution in [1.82, 2.24) is 14.5 Å². The molecule has 1 heterocycles. The molecule has 2 aromatic rings. The fraction of sp³-hybridized carbons (Fsp3) is 0.409. The Morgan fingerprint density at radius 3 is 2.41 bits per heavy atom. The van der Waals surface area contributed by atoms with E-state index >= 15 is 0 Å². The Kier molecular flexibility index (Phi) is 6.41. The van der Waals surface area contributed by atoms with E-state index in [1.54, 1.807) is 18.2 Å². The van der Waals surface area contributed by atoms with Gasteiger partial charge < -0.3 is 10.2 Å². The zero-order valence-electron chi connectivity index (χ0n) is 17.5. The second kappa shape index (κ2) is 8.65. The number of carbonyl (C=O) groups is 1. The minimum atomic E-state index is -3.61. The number of hydrogen-bond donors (Lipinski definition) is 1. The van der Waals surface area contributed by atoms with Crippen molar-refractivity contribution in [2.24, 2.45) is 0 Å². The van der Waals surface area contributed by atoms with Crippen molar-refractivity contribution in [3.63, 3.8) is 0 Å². The molecular formula is C22H29N3O3S. The Morgan fingerprint density at radius 2 is 1.72 bits per heavy atom. The number of piperazine rings is 1. The summed E-state index contributed by atoms with van der Waals surface area (Å²) < 4.78 is 27.4. The highest BCUT2D eigenvalue weighted by Crippen LogP contribution is 2.21. The molecule has 0 aliphatic carbocycles. The van der Waals surface area contributed by atoms with E-state index in [1.807, 2.05) is 40.0 Å². The summed E-state index contributed by atoms with van der Waals surface area (Å²) in [5.74, 6) is -0.283. The van der Waals surface area contributed by atoms with Crippen LogP contribution in [0.5, 0.6) is 0 Å². The Balaban J connectivity index is 1.78. The molecular weight excluding hydrogens is 386 g/mol. The van der Waals surface area contributed by atoms with E-state index in [4.69, 9.17) is 0 Å². The number of rotatable bonds is 5. The van der Waals surface area contributed by atoms with E-state index in [0.29, 0.717) is 31.7 Å². The monoisotopic (exact) mass is 415 g/mol. The van der Waals surface area contributed by atoms with Gasteiger partial charge in [0.2, 0.25) is 10.0 Å². The smallest absolute Gasteiger partial charge is 0.251 e.